The van der Waals surface area contributed by atoms with E-state index in [4.69, 9.17) is 4.74 Å². The minimum atomic E-state index is -0.484. The number of fused-ring (bicyclic) bond motifs is 9. The molecule has 4 aliphatic rings. The maximum Gasteiger partial charge on any atom is 0.344 e. The summed E-state index contributed by atoms with van der Waals surface area (Å²) in [6, 6.07) is 0. The van der Waals surface area contributed by atoms with Gasteiger partial charge >= 0.3 is 11.9 Å². The smallest absolute Gasteiger partial charge is 0.344 e. The summed E-state index contributed by atoms with van der Waals surface area (Å²) in [4.78, 5) is 23.3. The van der Waals surface area contributed by atoms with Crippen LogP contribution in [0.1, 0.15) is 19.3 Å². The second-order valence-electron chi connectivity index (χ2n) is 6.79. The number of hydrogen-bond donors (Lipinski definition) is 0. The highest BCUT2D eigenvalue weighted by Crippen LogP contribution is 2.67. The van der Waals surface area contributed by atoms with Crippen molar-refractivity contribution in [2.75, 3.05) is 13.7 Å². The normalized spacial score (nSPS) is 46.5. The van der Waals surface area contributed by atoms with Crippen molar-refractivity contribution in [3.8, 4) is 0 Å². The zero-order valence-electron chi connectivity index (χ0n) is 11.7. The van der Waals surface area contributed by atoms with E-state index in [2.05, 4.69) is 16.9 Å². The molecule has 0 spiro atoms. The number of carbonyl (C=O) groups is 2. The first-order chi connectivity index (χ1) is 9.69. The average molecular weight is 276 g/mol. The number of allylic oxidation sites excluding steroid dienone is 2. The number of methoxy groups -OCH3 is 1. The molecule has 3 fully saturated rings. The van der Waals surface area contributed by atoms with Gasteiger partial charge in [0.1, 0.15) is 0 Å². The number of ether oxygens (including phenoxy) is 2. The number of carbonyl (C=O) groups excluding carboxylic acids is 2. The molecule has 0 aromatic heterocycles. The Morgan fingerprint density at radius 2 is 1.85 bits per heavy atom. The van der Waals surface area contributed by atoms with Gasteiger partial charge in [-0.15, -0.1) is 0 Å². The Morgan fingerprint density at radius 1 is 1.10 bits per heavy atom. The van der Waals surface area contributed by atoms with Crippen molar-refractivity contribution in [2.45, 2.75) is 19.3 Å². The van der Waals surface area contributed by atoms with Crippen LogP contribution in [-0.4, -0.2) is 25.7 Å². The fourth-order valence-electron chi connectivity index (χ4n) is 5.58. The topological polar surface area (TPSA) is 52.6 Å². The number of hydrogen-bond acceptors (Lipinski definition) is 4. The van der Waals surface area contributed by atoms with Crippen molar-refractivity contribution >= 4 is 11.9 Å². The van der Waals surface area contributed by atoms with Gasteiger partial charge in [-0.1, -0.05) is 12.2 Å². The third-order valence-electron chi connectivity index (χ3n) is 6.13. The van der Waals surface area contributed by atoms with Gasteiger partial charge in [0.2, 0.25) is 0 Å². The average Bonchev–Trinajstić information content (AvgIpc) is 3.20. The van der Waals surface area contributed by atoms with Crippen LogP contribution in [0.5, 0.6) is 0 Å². The van der Waals surface area contributed by atoms with Crippen molar-refractivity contribution in [1.29, 1.82) is 0 Å². The first-order valence-corrected chi connectivity index (χ1v) is 7.61. The summed E-state index contributed by atoms with van der Waals surface area (Å²) in [5.74, 6) is 3.49. The number of rotatable bonds is 3. The fourth-order valence-corrected chi connectivity index (χ4v) is 5.58. The van der Waals surface area contributed by atoms with Crippen LogP contribution >= 0.6 is 0 Å². The Bertz CT molecular complexity index is 483. The van der Waals surface area contributed by atoms with Crippen LogP contribution in [-0.2, 0) is 19.1 Å². The molecule has 0 aromatic rings. The van der Waals surface area contributed by atoms with E-state index < -0.39 is 5.97 Å². The van der Waals surface area contributed by atoms with Gasteiger partial charge in [0.15, 0.2) is 6.61 Å². The molecule has 4 aliphatic carbocycles. The Morgan fingerprint density at radius 3 is 2.60 bits per heavy atom. The molecule has 7 unspecified atom stereocenters. The van der Waals surface area contributed by atoms with E-state index in [1.807, 2.05) is 0 Å². The summed E-state index contributed by atoms with van der Waals surface area (Å²) in [7, 11) is 1.31. The fraction of sp³-hybridized carbons (Fsp3) is 0.750. The van der Waals surface area contributed by atoms with E-state index in [-0.39, 0.29) is 18.5 Å². The lowest BCUT2D eigenvalue weighted by atomic mass is 9.69. The summed E-state index contributed by atoms with van der Waals surface area (Å²) >= 11 is 0. The second kappa shape index (κ2) is 4.34. The lowest BCUT2D eigenvalue weighted by molar-refractivity contribution is -0.161. The molecule has 0 aromatic carbocycles. The predicted octanol–water partition coefficient (Wildman–Crippen LogP) is 1.80. The largest absolute Gasteiger partial charge is 0.466 e. The van der Waals surface area contributed by atoms with Crippen LogP contribution in [0.2, 0.25) is 0 Å². The quantitative estimate of drug-likeness (QED) is 0.448. The molecule has 0 saturated heterocycles. The molecule has 0 amide bonds. The molecule has 0 radical (unpaired) electrons. The molecule has 0 aliphatic heterocycles. The molecule has 20 heavy (non-hydrogen) atoms. The van der Waals surface area contributed by atoms with Crippen molar-refractivity contribution in [3.63, 3.8) is 0 Å². The van der Waals surface area contributed by atoms with Crippen molar-refractivity contribution in [1.82, 2.24) is 0 Å². The van der Waals surface area contributed by atoms with Gasteiger partial charge in [0, 0.05) is 0 Å². The van der Waals surface area contributed by atoms with Crippen LogP contribution in [0.25, 0.3) is 0 Å². The first-order valence-electron chi connectivity index (χ1n) is 7.61. The van der Waals surface area contributed by atoms with Crippen molar-refractivity contribution in [3.05, 3.63) is 12.2 Å². The Hall–Kier alpha value is -1.32. The van der Waals surface area contributed by atoms with Crippen molar-refractivity contribution in [2.24, 2.45) is 41.4 Å². The molecule has 4 rings (SSSR count). The van der Waals surface area contributed by atoms with Crippen LogP contribution in [0.4, 0.5) is 0 Å². The van der Waals surface area contributed by atoms with E-state index >= 15 is 0 Å². The molecule has 0 N–H and O–H groups in total. The zero-order chi connectivity index (χ0) is 13.9. The lowest BCUT2D eigenvalue weighted by Gasteiger charge is -2.35. The molecular formula is C16H20O4. The van der Waals surface area contributed by atoms with Gasteiger partial charge in [-0.3, -0.25) is 4.79 Å². The highest BCUT2D eigenvalue weighted by molar-refractivity contribution is 5.78. The lowest BCUT2D eigenvalue weighted by Crippen LogP contribution is -2.35. The highest BCUT2D eigenvalue weighted by Gasteiger charge is 2.62. The standard InChI is InChI=1S/C16H20O4/c1-19-13(17)7-20-16(18)12-6-10-5-11(12)15-9-3-2-8(4-9)14(10)15/h2-3,8-12,14-15H,4-7H2,1H3. The minimum Gasteiger partial charge on any atom is -0.466 e. The summed E-state index contributed by atoms with van der Waals surface area (Å²) < 4.78 is 9.64. The summed E-state index contributed by atoms with van der Waals surface area (Å²) in [6.07, 6.45) is 8.21. The number of esters is 2. The summed E-state index contributed by atoms with van der Waals surface area (Å²) in [6.45, 7) is -0.247. The van der Waals surface area contributed by atoms with Gasteiger partial charge in [-0.25, -0.2) is 4.79 Å². The van der Waals surface area contributed by atoms with Gasteiger partial charge in [0.25, 0.3) is 0 Å². The van der Waals surface area contributed by atoms with Gasteiger partial charge < -0.3 is 9.47 Å². The van der Waals surface area contributed by atoms with Crippen LogP contribution in [0.3, 0.4) is 0 Å². The maximum absolute atomic E-state index is 12.2. The van der Waals surface area contributed by atoms with Gasteiger partial charge in [0.05, 0.1) is 13.0 Å². The van der Waals surface area contributed by atoms with E-state index in [0.717, 1.165) is 18.3 Å². The maximum atomic E-state index is 12.2. The zero-order valence-corrected chi connectivity index (χ0v) is 11.7. The van der Waals surface area contributed by atoms with Crippen LogP contribution in [0.15, 0.2) is 12.2 Å². The van der Waals surface area contributed by atoms with E-state index in [1.54, 1.807) is 0 Å². The Labute approximate surface area is 118 Å². The molecule has 0 heterocycles. The Kier molecular flexibility index (Phi) is 2.69. The van der Waals surface area contributed by atoms with Crippen molar-refractivity contribution < 1.29 is 19.1 Å². The summed E-state index contributed by atoms with van der Waals surface area (Å²) in [5.41, 5.74) is 0. The predicted molar refractivity (Wildman–Crippen MR) is 70.4 cm³/mol. The molecule has 7 atom stereocenters. The van der Waals surface area contributed by atoms with Crippen LogP contribution in [0, 0.1) is 41.4 Å². The third-order valence-corrected chi connectivity index (χ3v) is 6.13. The molecule has 4 heteroatoms. The molecule has 4 bridgehead atoms. The monoisotopic (exact) mass is 276 g/mol. The third kappa shape index (κ3) is 1.60. The first kappa shape index (κ1) is 12.4. The second-order valence-corrected chi connectivity index (χ2v) is 6.79. The Balaban J connectivity index is 1.44. The van der Waals surface area contributed by atoms with Gasteiger partial charge in [-0.2, -0.15) is 0 Å². The van der Waals surface area contributed by atoms with E-state index in [9.17, 15) is 9.59 Å². The summed E-state index contributed by atoms with van der Waals surface area (Å²) in [5, 5.41) is 0. The van der Waals surface area contributed by atoms with E-state index in [0.29, 0.717) is 23.7 Å². The molecular weight excluding hydrogens is 256 g/mol. The highest BCUT2D eigenvalue weighted by atomic mass is 16.6. The molecule has 108 valence electrons. The van der Waals surface area contributed by atoms with Gasteiger partial charge in [-0.05, 0) is 54.8 Å². The SMILES string of the molecule is COC(=O)COC(=O)C1CC2CC1C1C3C=CC(C3)C21. The van der Waals surface area contributed by atoms with E-state index in [1.165, 1.54) is 20.0 Å². The minimum absolute atomic E-state index is 0.0126. The molecule has 3 saturated carbocycles. The van der Waals surface area contributed by atoms with Crippen LogP contribution < -0.4 is 0 Å². The molecule has 4 nitrogen and oxygen atoms in total.